The Morgan fingerprint density at radius 1 is 1.39 bits per heavy atom. The van der Waals surface area contributed by atoms with Crippen LogP contribution in [0.5, 0.6) is 0 Å². The Bertz CT molecular complexity index is 388. The van der Waals surface area contributed by atoms with E-state index in [9.17, 15) is 4.79 Å². The quantitative estimate of drug-likeness (QED) is 0.773. The van der Waals surface area contributed by atoms with E-state index in [0.717, 1.165) is 30.9 Å². The van der Waals surface area contributed by atoms with Gasteiger partial charge in [0.1, 0.15) is 0 Å². The lowest BCUT2D eigenvalue weighted by molar-refractivity contribution is 0.0951. The van der Waals surface area contributed by atoms with Gasteiger partial charge in [-0.3, -0.25) is 9.89 Å². The van der Waals surface area contributed by atoms with Crippen LogP contribution in [0.2, 0.25) is 0 Å². The minimum absolute atomic E-state index is 0.0137. The van der Waals surface area contributed by atoms with E-state index in [1.807, 2.05) is 13.8 Å². The summed E-state index contributed by atoms with van der Waals surface area (Å²) in [4.78, 5) is 14.4. The molecule has 100 valence electrons. The molecule has 1 saturated heterocycles. The highest BCUT2D eigenvalue weighted by molar-refractivity contribution is 5.96. The molecule has 1 amide bonds. The number of amides is 1. The van der Waals surface area contributed by atoms with Crippen molar-refractivity contribution in [2.24, 2.45) is 0 Å². The molecule has 2 heterocycles. The van der Waals surface area contributed by atoms with E-state index in [0.29, 0.717) is 5.56 Å². The van der Waals surface area contributed by atoms with E-state index >= 15 is 0 Å². The maximum absolute atomic E-state index is 12.0. The molecular weight excluding hydrogens is 228 g/mol. The van der Waals surface area contributed by atoms with E-state index in [2.05, 4.69) is 20.4 Å². The third-order valence-electron chi connectivity index (χ3n) is 3.49. The fraction of sp³-hybridized carbons (Fsp3) is 0.692. The molecule has 0 aliphatic carbocycles. The number of likely N-dealkylation sites (tertiary alicyclic amines) is 1. The highest BCUT2D eigenvalue weighted by Crippen LogP contribution is 2.09. The molecule has 0 spiro atoms. The summed E-state index contributed by atoms with van der Waals surface area (Å²) in [5, 5.41) is 9.83. The van der Waals surface area contributed by atoms with E-state index in [1.54, 1.807) is 0 Å². The zero-order valence-electron chi connectivity index (χ0n) is 11.3. The smallest absolute Gasteiger partial charge is 0.255 e. The molecule has 1 aliphatic rings. The van der Waals surface area contributed by atoms with Gasteiger partial charge in [-0.25, -0.2) is 0 Å². The summed E-state index contributed by atoms with van der Waals surface area (Å²) in [5.41, 5.74) is 2.30. The largest absolute Gasteiger partial charge is 0.352 e. The number of hydrogen-bond donors (Lipinski definition) is 2. The monoisotopic (exact) mass is 250 g/mol. The fourth-order valence-corrected chi connectivity index (χ4v) is 2.48. The third kappa shape index (κ3) is 3.10. The number of carbonyl (C=O) groups is 1. The normalized spacial score (nSPS) is 16.1. The predicted octanol–water partition coefficient (Wildman–Crippen LogP) is 1.24. The van der Waals surface area contributed by atoms with Crippen molar-refractivity contribution in [3.63, 3.8) is 0 Å². The number of rotatable bonds is 5. The molecule has 0 atom stereocenters. The summed E-state index contributed by atoms with van der Waals surface area (Å²) in [6.45, 7) is 7.98. The molecule has 1 aromatic rings. The number of carbonyl (C=O) groups excluding carboxylic acids is 1. The summed E-state index contributed by atoms with van der Waals surface area (Å²) >= 11 is 0. The second-order valence-corrected chi connectivity index (χ2v) is 4.97. The molecule has 0 unspecified atom stereocenters. The van der Waals surface area contributed by atoms with Crippen LogP contribution in [-0.4, -0.2) is 47.2 Å². The van der Waals surface area contributed by atoms with Crippen molar-refractivity contribution in [1.82, 2.24) is 20.4 Å². The van der Waals surface area contributed by atoms with Gasteiger partial charge in [0.15, 0.2) is 0 Å². The highest BCUT2D eigenvalue weighted by Gasteiger charge is 2.15. The molecule has 1 aromatic heterocycles. The van der Waals surface area contributed by atoms with Gasteiger partial charge in [-0.2, -0.15) is 5.10 Å². The van der Waals surface area contributed by atoms with Gasteiger partial charge in [0.25, 0.3) is 5.91 Å². The van der Waals surface area contributed by atoms with Gasteiger partial charge in [-0.05, 0) is 52.7 Å². The zero-order chi connectivity index (χ0) is 13.0. The average molecular weight is 250 g/mol. The molecule has 18 heavy (non-hydrogen) atoms. The van der Waals surface area contributed by atoms with Gasteiger partial charge in [0, 0.05) is 12.2 Å². The molecule has 0 aromatic carbocycles. The van der Waals surface area contributed by atoms with Crippen LogP contribution in [0.15, 0.2) is 0 Å². The summed E-state index contributed by atoms with van der Waals surface area (Å²) in [5.74, 6) is -0.0137. The van der Waals surface area contributed by atoms with Crippen LogP contribution >= 0.6 is 0 Å². The first-order chi connectivity index (χ1) is 8.68. The van der Waals surface area contributed by atoms with E-state index in [-0.39, 0.29) is 5.91 Å². The lowest BCUT2D eigenvalue weighted by atomic mass is 10.2. The Hall–Kier alpha value is -1.36. The number of aromatic amines is 1. The Balaban J connectivity index is 1.71. The van der Waals surface area contributed by atoms with Gasteiger partial charge < -0.3 is 10.2 Å². The molecule has 0 radical (unpaired) electrons. The minimum Gasteiger partial charge on any atom is -0.352 e. The van der Waals surface area contributed by atoms with Crippen molar-refractivity contribution >= 4 is 5.91 Å². The molecule has 1 aliphatic heterocycles. The van der Waals surface area contributed by atoms with Crippen LogP contribution in [0.4, 0.5) is 0 Å². The Morgan fingerprint density at radius 2 is 2.11 bits per heavy atom. The van der Waals surface area contributed by atoms with Gasteiger partial charge in [-0.1, -0.05) is 0 Å². The summed E-state index contributed by atoms with van der Waals surface area (Å²) in [6.07, 6.45) is 3.65. The summed E-state index contributed by atoms with van der Waals surface area (Å²) in [6, 6.07) is 0. The van der Waals surface area contributed by atoms with E-state index < -0.39 is 0 Å². The third-order valence-corrected chi connectivity index (χ3v) is 3.49. The van der Waals surface area contributed by atoms with E-state index in [4.69, 9.17) is 0 Å². The maximum Gasteiger partial charge on any atom is 0.255 e. The average Bonchev–Trinajstić information content (AvgIpc) is 2.95. The number of H-pyrrole nitrogens is 1. The summed E-state index contributed by atoms with van der Waals surface area (Å²) in [7, 11) is 0. The topological polar surface area (TPSA) is 61.0 Å². The molecule has 0 bridgehead atoms. The number of nitrogens with one attached hydrogen (secondary N) is 2. The van der Waals surface area contributed by atoms with Gasteiger partial charge in [0.2, 0.25) is 0 Å². The van der Waals surface area contributed by atoms with Crippen molar-refractivity contribution in [3.05, 3.63) is 17.0 Å². The van der Waals surface area contributed by atoms with Crippen LogP contribution in [0.3, 0.4) is 0 Å². The van der Waals surface area contributed by atoms with Gasteiger partial charge in [0.05, 0.1) is 11.3 Å². The highest BCUT2D eigenvalue weighted by atomic mass is 16.1. The molecular formula is C13H22N4O. The zero-order valence-corrected chi connectivity index (χ0v) is 11.3. The standard InChI is InChI=1S/C13H22N4O/c1-10-12(11(2)16-15-10)13(18)14-6-5-9-17-7-3-4-8-17/h3-9H2,1-2H3,(H,14,18)(H,15,16). The lowest BCUT2D eigenvalue weighted by Crippen LogP contribution is -2.29. The molecule has 5 heteroatoms. The number of aromatic nitrogens is 2. The van der Waals surface area contributed by atoms with Crippen LogP contribution in [0.25, 0.3) is 0 Å². The SMILES string of the molecule is Cc1n[nH]c(C)c1C(=O)NCCCN1CCCC1. The van der Waals surface area contributed by atoms with Crippen molar-refractivity contribution in [2.75, 3.05) is 26.2 Å². The van der Waals surface area contributed by atoms with Crippen molar-refractivity contribution in [1.29, 1.82) is 0 Å². The Kier molecular flexibility index (Phi) is 4.36. The van der Waals surface area contributed by atoms with Crippen LogP contribution in [-0.2, 0) is 0 Å². The second kappa shape index (κ2) is 6.00. The second-order valence-electron chi connectivity index (χ2n) is 4.97. The van der Waals surface area contributed by atoms with Crippen LogP contribution in [0.1, 0.15) is 41.0 Å². The molecule has 5 nitrogen and oxygen atoms in total. The number of nitrogens with zero attached hydrogens (tertiary/aromatic N) is 2. The Morgan fingerprint density at radius 3 is 2.72 bits per heavy atom. The predicted molar refractivity (Wildman–Crippen MR) is 70.7 cm³/mol. The Labute approximate surface area is 108 Å². The molecule has 1 fully saturated rings. The summed E-state index contributed by atoms with van der Waals surface area (Å²) < 4.78 is 0. The van der Waals surface area contributed by atoms with Crippen molar-refractivity contribution < 1.29 is 4.79 Å². The van der Waals surface area contributed by atoms with Gasteiger partial charge in [-0.15, -0.1) is 0 Å². The number of hydrogen-bond acceptors (Lipinski definition) is 3. The first-order valence-corrected chi connectivity index (χ1v) is 6.70. The van der Waals surface area contributed by atoms with Crippen LogP contribution < -0.4 is 5.32 Å². The molecule has 2 rings (SSSR count). The molecule has 0 saturated carbocycles. The fourth-order valence-electron chi connectivity index (χ4n) is 2.48. The maximum atomic E-state index is 12.0. The van der Waals surface area contributed by atoms with Gasteiger partial charge >= 0.3 is 0 Å². The van der Waals surface area contributed by atoms with Crippen LogP contribution in [0, 0.1) is 13.8 Å². The minimum atomic E-state index is -0.0137. The number of aryl methyl sites for hydroxylation is 2. The van der Waals surface area contributed by atoms with Crippen molar-refractivity contribution in [3.8, 4) is 0 Å². The molecule has 2 N–H and O–H groups in total. The lowest BCUT2D eigenvalue weighted by Gasteiger charge is -2.14. The first-order valence-electron chi connectivity index (χ1n) is 6.70. The van der Waals surface area contributed by atoms with E-state index in [1.165, 1.54) is 25.9 Å². The first kappa shape index (κ1) is 13.1. The van der Waals surface area contributed by atoms with Crippen molar-refractivity contribution in [2.45, 2.75) is 33.1 Å².